The Morgan fingerprint density at radius 3 is 2.77 bits per heavy atom. The summed E-state index contributed by atoms with van der Waals surface area (Å²) in [5.41, 5.74) is 8.73. The van der Waals surface area contributed by atoms with Gasteiger partial charge in [-0.1, -0.05) is 20.3 Å². The monoisotopic (exact) mass is 483 g/mol. The number of H-pyrrole nitrogens is 1. The average molecular weight is 484 g/mol. The van der Waals surface area contributed by atoms with Crippen LogP contribution in [0.2, 0.25) is 0 Å². The molecule has 3 aromatic heterocycles. The number of aromatic amines is 1. The zero-order valence-electron chi connectivity index (χ0n) is 20.5. The molecule has 0 fully saturated rings. The molecule has 0 spiro atoms. The number of benzene rings is 1. The normalized spacial score (nSPS) is 14.1. The maximum Gasteiger partial charge on any atom is 0.323 e. The summed E-state index contributed by atoms with van der Waals surface area (Å²) in [6, 6.07) is 4.37. The van der Waals surface area contributed by atoms with E-state index in [0.717, 1.165) is 12.1 Å². The van der Waals surface area contributed by atoms with Gasteiger partial charge in [-0.15, -0.1) is 0 Å². The van der Waals surface area contributed by atoms with Gasteiger partial charge in [-0.2, -0.15) is 10.1 Å². The smallest absolute Gasteiger partial charge is 0.323 e. The molecule has 0 saturated heterocycles. The molecule has 0 saturated carbocycles. The Morgan fingerprint density at radius 2 is 2.03 bits per heavy atom. The second-order valence-electron chi connectivity index (χ2n) is 8.84. The molecule has 3 N–H and O–H groups in total. The highest BCUT2D eigenvalue weighted by Gasteiger charge is 2.24. The maximum atomic E-state index is 15.0. The number of ether oxygens (including phenoxy) is 3. The summed E-state index contributed by atoms with van der Waals surface area (Å²) in [4.78, 5) is 19.5. The molecule has 3 heterocycles. The van der Waals surface area contributed by atoms with E-state index >= 15 is 4.39 Å². The average Bonchev–Trinajstić information content (AvgIpc) is 3.38. The van der Waals surface area contributed by atoms with Crippen molar-refractivity contribution in [1.82, 2.24) is 19.6 Å². The van der Waals surface area contributed by atoms with Crippen molar-refractivity contribution in [3.05, 3.63) is 47.8 Å². The maximum absolute atomic E-state index is 15.0. The van der Waals surface area contributed by atoms with E-state index in [4.69, 9.17) is 19.9 Å². The third kappa shape index (κ3) is 4.93. The third-order valence-corrected chi connectivity index (χ3v) is 6.11. The number of carbonyl (C=O) groups excluding carboxylic acids is 1. The Bertz CT molecular complexity index is 1370. The molecule has 4 rings (SSSR count). The Hall–Kier alpha value is -3.66. The van der Waals surface area contributed by atoms with E-state index < -0.39 is 23.9 Å². The van der Waals surface area contributed by atoms with Crippen molar-refractivity contribution in [2.75, 3.05) is 6.61 Å². The van der Waals surface area contributed by atoms with E-state index in [-0.39, 0.29) is 24.2 Å². The van der Waals surface area contributed by atoms with Gasteiger partial charge >= 0.3 is 5.97 Å². The van der Waals surface area contributed by atoms with E-state index in [1.807, 2.05) is 27.7 Å². The number of carbonyl (C=O) groups is 1. The lowest BCUT2D eigenvalue weighted by Gasteiger charge is -2.20. The molecule has 0 aliphatic heterocycles. The van der Waals surface area contributed by atoms with Gasteiger partial charge in [-0.05, 0) is 44.9 Å². The molecule has 9 nitrogen and oxygen atoms in total. The van der Waals surface area contributed by atoms with Crippen molar-refractivity contribution >= 4 is 22.4 Å². The van der Waals surface area contributed by atoms with E-state index in [2.05, 4.69) is 15.1 Å². The van der Waals surface area contributed by atoms with Gasteiger partial charge in [0.25, 0.3) is 0 Å². The Balaban J connectivity index is 1.51. The number of nitrogens with zero attached hydrogens (tertiary/aromatic N) is 3. The number of esters is 1. The zero-order valence-corrected chi connectivity index (χ0v) is 20.5. The molecular formula is C25H30FN5O4. The second-order valence-corrected chi connectivity index (χ2v) is 8.84. The fourth-order valence-corrected chi connectivity index (χ4v) is 3.80. The second kappa shape index (κ2) is 9.91. The van der Waals surface area contributed by atoms with Crippen LogP contribution in [0, 0.1) is 25.6 Å². The minimum Gasteiger partial charge on any atom is -0.488 e. The SMILES string of the molecule is CC[C@H](C)[C@H](N)C(=O)O[C@H](C)COc1cn2ncnc(Oc3ccc4[nH]c(C)cc4c3F)c2c1C. The van der Waals surface area contributed by atoms with E-state index in [9.17, 15) is 4.79 Å². The quantitative estimate of drug-likeness (QED) is 0.338. The fraction of sp³-hybridized carbons (Fsp3) is 0.400. The molecule has 1 aromatic carbocycles. The fourth-order valence-electron chi connectivity index (χ4n) is 3.80. The van der Waals surface area contributed by atoms with Crippen LogP contribution in [0.25, 0.3) is 16.4 Å². The molecule has 0 radical (unpaired) electrons. The van der Waals surface area contributed by atoms with Crippen LogP contribution in [-0.2, 0) is 9.53 Å². The first-order chi connectivity index (χ1) is 16.7. The highest BCUT2D eigenvalue weighted by Crippen LogP contribution is 2.34. The molecular weight excluding hydrogens is 453 g/mol. The molecule has 10 heteroatoms. The summed E-state index contributed by atoms with van der Waals surface area (Å²) < 4.78 is 33.8. The van der Waals surface area contributed by atoms with Crippen LogP contribution in [0.15, 0.2) is 30.7 Å². The summed E-state index contributed by atoms with van der Waals surface area (Å²) in [5.74, 6) is -0.141. The molecule has 35 heavy (non-hydrogen) atoms. The molecule has 0 bridgehead atoms. The van der Waals surface area contributed by atoms with Gasteiger partial charge in [0.15, 0.2) is 11.6 Å². The lowest BCUT2D eigenvalue weighted by Crippen LogP contribution is -2.40. The van der Waals surface area contributed by atoms with Crippen molar-refractivity contribution in [1.29, 1.82) is 0 Å². The van der Waals surface area contributed by atoms with E-state index in [0.29, 0.717) is 27.7 Å². The van der Waals surface area contributed by atoms with Crippen molar-refractivity contribution in [3.8, 4) is 17.4 Å². The predicted molar refractivity (Wildman–Crippen MR) is 129 cm³/mol. The summed E-state index contributed by atoms with van der Waals surface area (Å²) in [6.45, 7) is 9.43. The number of nitrogens with one attached hydrogen (secondary N) is 1. The first-order valence-corrected chi connectivity index (χ1v) is 11.6. The zero-order chi connectivity index (χ0) is 25.3. The lowest BCUT2D eigenvalue weighted by atomic mass is 10.0. The van der Waals surface area contributed by atoms with Crippen LogP contribution >= 0.6 is 0 Å². The van der Waals surface area contributed by atoms with Gasteiger partial charge in [0, 0.05) is 22.2 Å². The summed E-state index contributed by atoms with van der Waals surface area (Å²) >= 11 is 0. The van der Waals surface area contributed by atoms with Crippen molar-refractivity contribution in [2.45, 2.75) is 53.2 Å². The van der Waals surface area contributed by atoms with Gasteiger partial charge in [0.2, 0.25) is 5.88 Å². The number of aryl methyl sites for hydroxylation is 2. The first-order valence-electron chi connectivity index (χ1n) is 11.6. The predicted octanol–water partition coefficient (Wildman–Crippen LogP) is 4.44. The van der Waals surface area contributed by atoms with Gasteiger partial charge < -0.3 is 24.9 Å². The molecule has 3 atom stereocenters. The third-order valence-electron chi connectivity index (χ3n) is 6.11. The molecule has 0 unspecified atom stereocenters. The van der Waals surface area contributed by atoms with Gasteiger partial charge in [-0.25, -0.2) is 8.91 Å². The van der Waals surface area contributed by atoms with Crippen molar-refractivity contribution < 1.29 is 23.4 Å². The topological polar surface area (TPSA) is 117 Å². The Kier molecular flexibility index (Phi) is 6.93. The summed E-state index contributed by atoms with van der Waals surface area (Å²) in [7, 11) is 0. The van der Waals surface area contributed by atoms with E-state index in [1.165, 1.54) is 6.33 Å². The van der Waals surface area contributed by atoms with Crippen molar-refractivity contribution in [2.24, 2.45) is 11.7 Å². The summed E-state index contributed by atoms with van der Waals surface area (Å²) in [5, 5.41) is 4.66. The van der Waals surface area contributed by atoms with Crippen molar-refractivity contribution in [3.63, 3.8) is 0 Å². The standard InChI is InChI=1S/C25H30FN5O4/c1-6-13(2)22(27)25(32)34-15(4)11-33-20-10-31-23(16(20)5)24(28-12-29-31)35-19-8-7-18-17(21(19)26)9-14(3)30-18/h7-10,12-13,15,22,30H,6,11,27H2,1-5H3/t13-,15+,22-/m0/s1. The Morgan fingerprint density at radius 1 is 1.26 bits per heavy atom. The summed E-state index contributed by atoms with van der Waals surface area (Å²) in [6.07, 6.45) is 3.27. The largest absolute Gasteiger partial charge is 0.488 e. The number of aromatic nitrogens is 4. The number of rotatable bonds is 9. The van der Waals surface area contributed by atoms with Crippen LogP contribution < -0.4 is 15.2 Å². The van der Waals surface area contributed by atoms with E-state index in [1.54, 1.807) is 35.8 Å². The van der Waals surface area contributed by atoms with Crippen LogP contribution in [0.3, 0.4) is 0 Å². The molecule has 0 amide bonds. The van der Waals surface area contributed by atoms with Gasteiger partial charge in [0.1, 0.15) is 36.3 Å². The minimum absolute atomic E-state index is 0.0263. The number of nitrogens with two attached hydrogens (primary N) is 1. The molecule has 186 valence electrons. The molecule has 4 aromatic rings. The van der Waals surface area contributed by atoms with Crippen LogP contribution in [0.4, 0.5) is 4.39 Å². The Labute approximate surface area is 202 Å². The van der Waals surface area contributed by atoms with Gasteiger partial charge in [-0.3, -0.25) is 4.79 Å². The number of fused-ring (bicyclic) bond motifs is 2. The number of hydrogen-bond donors (Lipinski definition) is 2. The van der Waals surface area contributed by atoms with Gasteiger partial charge in [0.05, 0.1) is 6.20 Å². The number of halogens is 1. The van der Waals surface area contributed by atoms with Crippen LogP contribution in [-0.4, -0.2) is 44.3 Å². The van der Waals surface area contributed by atoms with Crippen LogP contribution in [0.5, 0.6) is 17.4 Å². The highest BCUT2D eigenvalue weighted by molar-refractivity contribution is 5.83. The molecule has 0 aliphatic carbocycles. The first kappa shape index (κ1) is 24.5. The lowest BCUT2D eigenvalue weighted by molar-refractivity contribution is -0.152. The minimum atomic E-state index is -0.675. The number of hydrogen-bond acceptors (Lipinski definition) is 7. The van der Waals surface area contributed by atoms with Crippen LogP contribution in [0.1, 0.15) is 38.4 Å². The highest BCUT2D eigenvalue weighted by atomic mass is 19.1. The molecule has 0 aliphatic rings.